The number of rotatable bonds is 9. The van der Waals surface area contributed by atoms with Gasteiger partial charge < -0.3 is 19.0 Å². The van der Waals surface area contributed by atoms with Crippen molar-refractivity contribution in [2.75, 3.05) is 6.54 Å². The summed E-state index contributed by atoms with van der Waals surface area (Å²) in [6.45, 7) is 0.125. The number of hydrogen-bond acceptors (Lipinski definition) is 6. The molecule has 0 spiro atoms. The molecule has 2 aromatic carbocycles. The highest BCUT2D eigenvalue weighted by Gasteiger charge is 2.15. The third-order valence-electron chi connectivity index (χ3n) is 4.94. The third-order valence-corrected chi connectivity index (χ3v) is 5.19. The summed E-state index contributed by atoms with van der Waals surface area (Å²) >= 11 is 5.91. The molecule has 0 unspecified atom stereocenters. The maximum atomic E-state index is 12.5. The molecule has 0 aliphatic heterocycles. The molecule has 4 aromatic rings. The van der Waals surface area contributed by atoms with Gasteiger partial charge in [0.2, 0.25) is 5.91 Å². The topological polar surface area (TPSA) is 127 Å². The van der Waals surface area contributed by atoms with Crippen LogP contribution in [0.1, 0.15) is 22.8 Å². The molecular weight excluding hydrogens is 474 g/mol. The molecule has 2 aromatic heterocycles. The molecule has 0 bridgehead atoms. The Kier molecular flexibility index (Phi) is 7.63. The predicted molar refractivity (Wildman–Crippen MR) is 127 cm³/mol. The number of hydrogen-bond donors (Lipinski definition) is 3. The highest BCUT2D eigenvalue weighted by atomic mass is 35.5. The van der Waals surface area contributed by atoms with Gasteiger partial charge in [0.1, 0.15) is 24.7 Å². The Morgan fingerprint density at radius 2 is 1.74 bits per heavy atom. The molecule has 10 nitrogen and oxygen atoms in total. The van der Waals surface area contributed by atoms with E-state index in [1.165, 1.54) is 12.3 Å². The first-order chi connectivity index (χ1) is 17.0. The Hall–Kier alpha value is -4.31. The lowest BCUT2D eigenvalue weighted by molar-refractivity contribution is -0.129. The van der Waals surface area contributed by atoms with Crippen LogP contribution in [0.4, 0.5) is 0 Å². The number of imidazole rings is 1. The molecule has 0 atom stereocenters. The van der Waals surface area contributed by atoms with Crippen molar-refractivity contribution in [1.29, 1.82) is 0 Å². The van der Waals surface area contributed by atoms with Gasteiger partial charge >= 0.3 is 0 Å². The van der Waals surface area contributed by atoms with Gasteiger partial charge in [-0.15, -0.1) is 0 Å². The van der Waals surface area contributed by atoms with Gasteiger partial charge in [-0.25, -0.2) is 4.98 Å². The van der Waals surface area contributed by atoms with Crippen LogP contribution in [-0.2, 0) is 22.7 Å². The van der Waals surface area contributed by atoms with Crippen molar-refractivity contribution < 1.29 is 23.5 Å². The van der Waals surface area contributed by atoms with Crippen LogP contribution in [0.25, 0.3) is 11.0 Å². The van der Waals surface area contributed by atoms with Gasteiger partial charge in [-0.1, -0.05) is 23.7 Å². The molecule has 0 saturated heterocycles. The maximum Gasteiger partial charge on any atom is 0.286 e. The lowest BCUT2D eigenvalue weighted by Crippen LogP contribution is -2.44. The van der Waals surface area contributed by atoms with E-state index in [1.807, 2.05) is 24.3 Å². The Morgan fingerprint density at radius 3 is 2.51 bits per heavy atom. The van der Waals surface area contributed by atoms with Gasteiger partial charge in [0, 0.05) is 18.0 Å². The first-order valence-corrected chi connectivity index (χ1v) is 11.1. The molecule has 3 N–H and O–H groups in total. The second kappa shape index (κ2) is 11.2. The number of fused-ring (bicyclic) bond motifs is 1. The fourth-order valence-electron chi connectivity index (χ4n) is 3.26. The number of nitrogens with one attached hydrogen (secondary N) is 3. The van der Waals surface area contributed by atoms with E-state index in [9.17, 15) is 14.4 Å². The van der Waals surface area contributed by atoms with Crippen molar-refractivity contribution >= 4 is 40.4 Å². The Balaban J connectivity index is 1.31. The van der Waals surface area contributed by atoms with Gasteiger partial charge in [0.25, 0.3) is 11.8 Å². The molecule has 3 amide bonds. The minimum absolute atomic E-state index is 0.0269. The fraction of sp³-hybridized carbons (Fsp3) is 0.167. The molecule has 11 heteroatoms. The summed E-state index contributed by atoms with van der Waals surface area (Å²) in [7, 11) is 0. The Morgan fingerprint density at radius 1 is 0.971 bits per heavy atom. The van der Waals surface area contributed by atoms with Crippen molar-refractivity contribution in [1.82, 2.24) is 25.7 Å². The van der Waals surface area contributed by atoms with E-state index in [1.54, 1.807) is 34.9 Å². The molecule has 180 valence electrons. The average molecular weight is 496 g/mol. The lowest BCUT2D eigenvalue weighted by atomic mass is 10.3. The molecule has 2 heterocycles. The van der Waals surface area contributed by atoms with Crippen molar-refractivity contribution in [2.45, 2.75) is 19.6 Å². The predicted octanol–water partition coefficient (Wildman–Crippen LogP) is 2.83. The average Bonchev–Trinajstić information content (AvgIpc) is 3.51. The van der Waals surface area contributed by atoms with Gasteiger partial charge in [-0.05, 0) is 48.5 Å². The number of para-hydroxylation sites is 2. The molecule has 0 saturated carbocycles. The molecule has 0 aliphatic rings. The van der Waals surface area contributed by atoms with Crippen LogP contribution < -0.4 is 20.9 Å². The molecule has 0 radical (unpaired) electrons. The number of benzene rings is 2. The lowest BCUT2D eigenvalue weighted by Gasteiger charge is -2.12. The second-order valence-corrected chi connectivity index (χ2v) is 7.86. The highest BCUT2D eigenvalue weighted by molar-refractivity contribution is 6.30. The zero-order chi connectivity index (χ0) is 24.6. The molecule has 4 rings (SSSR count). The quantitative estimate of drug-likeness (QED) is 0.306. The third kappa shape index (κ3) is 6.39. The van der Waals surface area contributed by atoms with Crippen molar-refractivity contribution in [3.8, 4) is 5.75 Å². The smallest absolute Gasteiger partial charge is 0.286 e. The zero-order valence-corrected chi connectivity index (χ0v) is 19.2. The van der Waals surface area contributed by atoms with Gasteiger partial charge in [0.05, 0.1) is 17.3 Å². The maximum absolute atomic E-state index is 12.5. The number of aromatic nitrogens is 2. The van der Waals surface area contributed by atoms with Gasteiger partial charge in [0.15, 0.2) is 5.76 Å². The fourth-order valence-corrected chi connectivity index (χ4v) is 3.39. The molecule has 0 fully saturated rings. The van der Waals surface area contributed by atoms with E-state index in [0.717, 1.165) is 5.52 Å². The van der Waals surface area contributed by atoms with Crippen LogP contribution in [0.2, 0.25) is 5.02 Å². The SMILES string of the molecule is O=C(CCNC(=O)c1ccco1)NNC(=O)Cn1c(COc2ccc(Cl)cc2)nc2ccccc21. The molecule has 35 heavy (non-hydrogen) atoms. The van der Waals surface area contributed by atoms with Gasteiger partial charge in [-0.3, -0.25) is 25.2 Å². The van der Waals surface area contributed by atoms with E-state index in [-0.39, 0.29) is 31.9 Å². The number of halogens is 1. The molecule has 0 aliphatic carbocycles. The van der Waals surface area contributed by atoms with Crippen LogP contribution in [0, 0.1) is 0 Å². The summed E-state index contributed by atoms with van der Waals surface area (Å²) in [5.41, 5.74) is 6.20. The number of carbonyl (C=O) groups is 3. The van der Waals surface area contributed by atoms with Crippen LogP contribution in [0.3, 0.4) is 0 Å². The summed E-state index contributed by atoms with van der Waals surface area (Å²) in [5, 5.41) is 3.16. The van der Waals surface area contributed by atoms with Crippen LogP contribution >= 0.6 is 11.6 Å². The van der Waals surface area contributed by atoms with Crippen molar-refractivity contribution in [3.63, 3.8) is 0 Å². The minimum Gasteiger partial charge on any atom is -0.486 e. The van der Waals surface area contributed by atoms with Crippen LogP contribution in [0.5, 0.6) is 5.75 Å². The van der Waals surface area contributed by atoms with Crippen LogP contribution in [-0.4, -0.2) is 33.8 Å². The Labute approximate surface area is 205 Å². The normalized spacial score (nSPS) is 10.7. The number of ether oxygens (including phenoxy) is 1. The Bertz CT molecular complexity index is 1320. The highest BCUT2D eigenvalue weighted by Crippen LogP contribution is 2.20. The van der Waals surface area contributed by atoms with Crippen LogP contribution in [0.15, 0.2) is 71.3 Å². The van der Waals surface area contributed by atoms with E-state index < -0.39 is 17.7 Å². The van der Waals surface area contributed by atoms with E-state index in [4.69, 9.17) is 20.8 Å². The standard InChI is InChI=1S/C24H22ClN5O5/c25-16-7-9-17(10-8-16)35-15-21-27-18-4-1-2-5-19(18)30(21)14-23(32)29-28-22(31)11-12-26-24(33)20-6-3-13-34-20/h1-10,13H,11-12,14-15H2,(H,26,33)(H,28,31)(H,29,32). The van der Waals surface area contributed by atoms with E-state index in [2.05, 4.69) is 21.2 Å². The van der Waals surface area contributed by atoms with E-state index in [0.29, 0.717) is 22.1 Å². The summed E-state index contributed by atoms with van der Waals surface area (Å²) in [4.78, 5) is 40.9. The summed E-state index contributed by atoms with van der Waals surface area (Å²) in [6, 6.07) is 17.4. The second-order valence-electron chi connectivity index (χ2n) is 7.43. The summed E-state index contributed by atoms with van der Waals surface area (Å²) in [6.07, 6.45) is 1.36. The number of hydrazine groups is 1. The number of furan rings is 1. The number of nitrogens with zero attached hydrogens (tertiary/aromatic N) is 2. The number of carbonyl (C=O) groups excluding carboxylic acids is 3. The van der Waals surface area contributed by atoms with Crippen molar-refractivity contribution in [2.24, 2.45) is 0 Å². The summed E-state index contributed by atoms with van der Waals surface area (Å²) < 4.78 is 12.5. The van der Waals surface area contributed by atoms with E-state index >= 15 is 0 Å². The largest absolute Gasteiger partial charge is 0.486 e. The van der Waals surface area contributed by atoms with Crippen molar-refractivity contribution in [3.05, 3.63) is 83.5 Å². The molecular formula is C24H22ClN5O5. The number of amides is 3. The first-order valence-electron chi connectivity index (χ1n) is 10.7. The first kappa shape index (κ1) is 23.8. The summed E-state index contributed by atoms with van der Waals surface area (Å²) in [5.74, 6) is -0.0184. The minimum atomic E-state index is -0.458. The zero-order valence-electron chi connectivity index (χ0n) is 18.5. The van der Waals surface area contributed by atoms with Gasteiger partial charge in [-0.2, -0.15) is 0 Å². The monoisotopic (exact) mass is 495 g/mol.